The number of halogens is 1. The summed E-state index contributed by atoms with van der Waals surface area (Å²) in [5.41, 5.74) is 2.97. The molecule has 0 atom stereocenters. The Morgan fingerprint density at radius 1 is 1.33 bits per heavy atom. The first-order valence-corrected chi connectivity index (χ1v) is 8.14. The van der Waals surface area contributed by atoms with Crippen molar-refractivity contribution in [1.29, 1.82) is 0 Å². The average Bonchev–Trinajstić information content (AvgIpc) is 3.18. The predicted octanol–water partition coefficient (Wildman–Crippen LogP) is 2.34. The molecular formula is C16H16BrN5O2. The summed E-state index contributed by atoms with van der Waals surface area (Å²) in [5.74, 6) is -0.398. The largest absolute Gasteiger partial charge is 0.465 e. The zero-order valence-electron chi connectivity index (χ0n) is 13.3. The fourth-order valence-electron chi connectivity index (χ4n) is 2.48. The molecule has 0 unspecified atom stereocenters. The van der Waals surface area contributed by atoms with Gasteiger partial charge in [0.2, 0.25) is 0 Å². The van der Waals surface area contributed by atoms with Crippen molar-refractivity contribution < 1.29 is 9.53 Å². The highest BCUT2D eigenvalue weighted by molar-refractivity contribution is 9.10. The SMILES string of the molecule is COC(=O)c1cnn(-c2cccc(Br)c2)c1CCc1cn(C)nn1. The van der Waals surface area contributed by atoms with E-state index in [0.29, 0.717) is 18.4 Å². The molecule has 0 amide bonds. The molecule has 0 fully saturated rings. The molecule has 0 aliphatic carbocycles. The standard InChI is InChI=1S/C16H16BrN5O2/c1-21-10-12(19-20-21)6-7-15-14(16(23)24-2)9-18-22(15)13-5-3-4-11(17)8-13/h3-5,8-10H,6-7H2,1-2H3. The number of aryl methyl sites for hydroxylation is 2. The zero-order chi connectivity index (χ0) is 17.1. The van der Waals surface area contributed by atoms with Crippen molar-refractivity contribution >= 4 is 21.9 Å². The van der Waals surface area contributed by atoms with Gasteiger partial charge in [0.25, 0.3) is 0 Å². The summed E-state index contributed by atoms with van der Waals surface area (Å²) in [4.78, 5) is 12.0. The van der Waals surface area contributed by atoms with E-state index < -0.39 is 5.97 Å². The van der Waals surface area contributed by atoms with Gasteiger partial charge in [-0.2, -0.15) is 5.10 Å². The second-order valence-electron chi connectivity index (χ2n) is 5.27. The lowest BCUT2D eigenvalue weighted by Gasteiger charge is -2.09. The van der Waals surface area contributed by atoms with Crippen molar-refractivity contribution in [2.75, 3.05) is 7.11 Å². The van der Waals surface area contributed by atoms with Gasteiger partial charge in [-0.25, -0.2) is 9.48 Å². The van der Waals surface area contributed by atoms with E-state index in [2.05, 4.69) is 31.3 Å². The van der Waals surface area contributed by atoms with Gasteiger partial charge in [0.05, 0.1) is 30.4 Å². The van der Waals surface area contributed by atoms with Crippen LogP contribution in [0, 0.1) is 0 Å². The molecular weight excluding hydrogens is 374 g/mol. The van der Waals surface area contributed by atoms with Crippen LogP contribution in [-0.2, 0) is 24.6 Å². The summed E-state index contributed by atoms with van der Waals surface area (Å²) in [6.45, 7) is 0. The highest BCUT2D eigenvalue weighted by atomic mass is 79.9. The van der Waals surface area contributed by atoms with Crippen molar-refractivity contribution in [2.45, 2.75) is 12.8 Å². The molecule has 0 bridgehead atoms. The lowest BCUT2D eigenvalue weighted by Crippen LogP contribution is -2.09. The first-order chi connectivity index (χ1) is 11.6. The lowest BCUT2D eigenvalue weighted by molar-refractivity contribution is 0.0599. The molecule has 0 spiro atoms. The van der Waals surface area contributed by atoms with E-state index >= 15 is 0 Å². The van der Waals surface area contributed by atoms with E-state index in [-0.39, 0.29) is 0 Å². The van der Waals surface area contributed by atoms with E-state index in [1.807, 2.05) is 37.5 Å². The molecule has 7 nitrogen and oxygen atoms in total. The van der Waals surface area contributed by atoms with Gasteiger partial charge < -0.3 is 4.74 Å². The number of aromatic nitrogens is 5. The van der Waals surface area contributed by atoms with Gasteiger partial charge in [0.1, 0.15) is 5.56 Å². The highest BCUT2D eigenvalue weighted by Gasteiger charge is 2.19. The Balaban J connectivity index is 1.96. The molecule has 0 aliphatic heterocycles. The van der Waals surface area contributed by atoms with Crippen LogP contribution in [0.2, 0.25) is 0 Å². The minimum absolute atomic E-state index is 0.398. The van der Waals surface area contributed by atoms with Gasteiger partial charge in [0, 0.05) is 17.7 Å². The lowest BCUT2D eigenvalue weighted by atomic mass is 10.1. The van der Waals surface area contributed by atoms with Crippen LogP contribution in [0.1, 0.15) is 21.7 Å². The molecule has 0 N–H and O–H groups in total. The summed E-state index contributed by atoms with van der Waals surface area (Å²) in [6, 6.07) is 7.74. The van der Waals surface area contributed by atoms with Gasteiger partial charge in [-0.05, 0) is 31.0 Å². The minimum Gasteiger partial charge on any atom is -0.465 e. The maximum absolute atomic E-state index is 12.0. The van der Waals surface area contributed by atoms with Gasteiger partial charge >= 0.3 is 5.97 Å². The number of ether oxygens (including phenoxy) is 1. The molecule has 3 rings (SSSR count). The molecule has 1 aromatic carbocycles. The van der Waals surface area contributed by atoms with Crippen LogP contribution in [0.5, 0.6) is 0 Å². The van der Waals surface area contributed by atoms with E-state index in [0.717, 1.165) is 21.5 Å². The number of methoxy groups -OCH3 is 1. The van der Waals surface area contributed by atoms with Crippen LogP contribution < -0.4 is 0 Å². The molecule has 2 heterocycles. The van der Waals surface area contributed by atoms with Crippen molar-refractivity contribution in [2.24, 2.45) is 7.05 Å². The van der Waals surface area contributed by atoms with Crippen LogP contribution >= 0.6 is 15.9 Å². The van der Waals surface area contributed by atoms with E-state index in [9.17, 15) is 4.79 Å². The maximum atomic E-state index is 12.0. The molecule has 0 saturated heterocycles. The fraction of sp³-hybridized carbons (Fsp3) is 0.250. The van der Waals surface area contributed by atoms with E-state index in [1.165, 1.54) is 7.11 Å². The zero-order valence-corrected chi connectivity index (χ0v) is 14.9. The van der Waals surface area contributed by atoms with E-state index in [1.54, 1.807) is 15.6 Å². The van der Waals surface area contributed by atoms with Crippen molar-refractivity contribution in [3.8, 4) is 5.69 Å². The monoisotopic (exact) mass is 389 g/mol. The number of rotatable bonds is 5. The van der Waals surface area contributed by atoms with Gasteiger partial charge in [0.15, 0.2) is 0 Å². The number of hydrogen-bond acceptors (Lipinski definition) is 5. The third kappa shape index (κ3) is 3.38. The second-order valence-corrected chi connectivity index (χ2v) is 6.19. The Bertz CT molecular complexity index is 871. The summed E-state index contributed by atoms with van der Waals surface area (Å²) in [7, 11) is 3.19. The first kappa shape index (κ1) is 16.4. The number of carbonyl (C=O) groups excluding carboxylic acids is 1. The first-order valence-electron chi connectivity index (χ1n) is 7.35. The Hall–Kier alpha value is -2.48. The Morgan fingerprint density at radius 3 is 2.83 bits per heavy atom. The third-order valence-electron chi connectivity index (χ3n) is 3.60. The second kappa shape index (κ2) is 6.96. The number of hydrogen-bond donors (Lipinski definition) is 0. The van der Waals surface area contributed by atoms with Gasteiger partial charge in [-0.1, -0.05) is 27.2 Å². The van der Waals surface area contributed by atoms with Crippen LogP contribution in [0.4, 0.5) is 0 Å². The molecule has 0 radical (unpaired) electrons. The molecule has 124 valence electrons. The fourth-order valence-corrected chi connectivity index (χ4v) is 2.87. The van der Waals surface area contributed by atoms with Crippen LogP contribution in [0.3, 0.4) is 0 Å². The quantitative estimate of drug-likeness (QED) is 0.626. The van der Waals surface area contributed by atoms with Gasteiger partial charge in [-0.15, -0.1) is 5.10 Å². The van der Waals surface area contributed by atoms with Crippen molar-refractivity contribution in [3.63, 3.8) is 0 Å². The molecule has 0 aliphatic rings. The predicted molar refractivity (Wildman–Crippen MR) is 91.0 cm³/mol. The smallest absolute Gasteiger partial charge is 0.341 e. The van der Waals surface area contributed by atoms with Crippen LogP contribution in [0.15, 0.2) is 41.1 Å². The number of nitrogens with zero attached hydrogens (tertiary/aromatic N) is 5. The normalized spacial score (nSPS) is 10.8. The summed E-state index contributed by atoms with van der Waals surface area (Å²) >= 11 is 3.46. The van der Waals surface area contributed by atoms with E-state index in [4.69, 9.17) is 4.74 Å². The van der Waals surface area contributed by atoms with Gasteiger partial charge in [-0.3, -0.25) is 4.68 Å². The molecule has 24 heavy (non-hydrogen) atoms. The summed E-state index contributed by atoms with van der Waals surface area (Å²) < 4.78 is 9.22. The molecule has 2 aromatic heterocycles. The van der Waals surface area contributed by atoms with Crippen molar-refractivity contribution in [3.05, 3.63) is 58.1 Å². The number of carbonyl (C=O) groups is 1. The molecule has 0 saturated carbocycles. The number of esters is 1. The Morgan fingerprint density at radius 2 is 2.17 bits per heavy atom. The van der Waals surface area contributed by atoms with Crippen LogP contribution in [-0.4, -0.2) is 37.9 Å². The topological polar surface area (TPSA) is 74.8 Å². The maximum Gasteiger partial charge on any atom is 0.341 e. The van der Waals surface area contributed by atoms with Crippen LogP contribution in [0.25, 0.3) is 5.69 Å². The molecule has 8 heteroatoms. The summed E-state index contributed by atoms with van der Waals surface area (Å²) in [6.07, 6.45) is 4.64. The Kier molecular flexibility index (Phi) is 4.75. The minimum atomic E-state index is -0.398. The number of benzene rings is 1. The summed E-state index contributed by atoms with van der Waals surface area (Å²) in [5, 5.41) is 12.4. The Labute approximate surface area is 147 Å². The van der Waals surface area contributed by atoms with Crippen molar-refractivity contribution in [1.82, 2.24) is 24.8 Å². The highest BCUT2D eigenvalue weighted by Crippen LogP contribution is 2.20. The average molecular weight is 390 g/mol. The third-order valence-corrected chi connectivity index (χ3v) is 4.09. The molecule has 3 aromatic rings.